The average Bonchev–Trinajstić information content (AvgIpc) is 2.42. The van der Waals surface area contributed by atoms with Crippen molar-refractivity contribution in [3.8, 4) is 5.88 Å². The molecule has 0 saturated heterocycles. The summed E-state index contributed by atoms with van der Waals surface area (Å²) < 4.78 is 19.1. The van der Waals surface area contributed by atoms with E-state index in [-0.39, 0.29) is 5.88 Å². The van der Waals surface area contributed by atoms with Crippen LogP contribution in [0.5, 0.6) is 5.88 Å². The molecule has 0 unspecified atom stereocenters. The zero-order chi connectivity index (χ0) is 15.8. The maximum absolute atomic E-state index is 13.6. The Morgan fingerprint density at radius 1 is 1.29 bits per heavy atom. The average molecular weight is 298 g/mol. The molecule has 0 radical (unpaired) electrons. The van der Waals surface area contributed by atoms with Gasteiger partial charge in [-0.15, -0.1) is 0 Å². The Morgan fingerprint density at radius 2 is 1.95 bits per heavy atom. The fourth-order valence-corrected chi connectivity index (χ4v) is 2.14. The number of nitrogens with one attached hydrogen (secondary N) is 1. The van der Waals surface area contributed by atoms with Gasteiger partial charge < -0.3 is 10.1 Å². The van der Waals surface area contributed by atoms with Gasteiger partial charge in [0.1, 0.15) is 6.61 Å². The molecule has 21 heavy (non-hydrogen) atoms. The van der Waals surface area contributed by atoms with E-state index in [1.165, 1.54) is 0 Å². The fourth-order valence-electron chi connectivity index (χ4n) is 2.14. The molecule has 0 aliphatic heterocycles. The number of ether oxygens (including phenoxy) is 1. The molecular formula is C15H27FN4O. The van der Waals surface area contributed by atoms with Gasteiger partial charge in [0.25, 0.3) is 5.88 Å². The van der Waals surface area contributed by atoms with Crippen LogP contribution in [0.2, 0.25) is 0 Å². The van der Waals surface area contributed by atoms with E-state index >= 15 is 0 Å². The quantitative estimate of drug-likeness (QED) is 0.759. The normalized spacial score (nSPS) is 11.5. The summed E-state index contributed by atoms with van der Waals surface area (Å²) in [5.74, 6) is -0.119. The second-order valence-electron chi connectivity index (χ2n) is 5.55. The van der Waals surface area contributed by atoms with Crippen LogP contribution in [-0.4, -0.2) is 46.6 Å². The Kier molecular flexibility index (Phi) is 7.36. The second kappa shape index (κ2) is 8.77. The third-order valence-corrected chi connectivity index (χ3v) is 3.16. The lowest BCUT2D eigenvalue weighted by Crippen LogP contribution is -2.39. The third kappa shape index (κ3) is 5.83. The standard InChI is InChI=1S/C15H27FN4O/c1-6-7-17-15-18-10-13(16)14(19-15)21-9-8-20(11(2)3)12(4)5/h10-12H,6-9H2,1-5H3,(H,17,18,19). The molecule has 0 aliphatic rings. The topological polar surface area (TPSA) is 50.3 Å². The first kappa shape index (κ1) is 17.6. The minimum atomic E-state index is -0.530. The lowest BCUT2D eigenvalue weighted by Gasteiger charge is -2.30. The van der Waals surface area contributed by atoms with Gasteiger partial charge >= 0.3 is 0 Å². The molecule has 1 aromatic rings. The maximum atomic E-state index is 13.6. The zero-order valence-corrected chi connectivity index (χ0v) is 13.7. The van der Waals surface area contributed by atoms with Crippen molar-refractivity contribution in [3.05, 3.63) is 12.0 Å². The second-order valence-corrected chi connectivity index (χ2v) is 5.55. The third-order valence-electron chi connectivity index (χ3n) is 3.16. The number of anilines is 1. The van der Waals surface area contributed by atoms with Crippen molar-refractivity contribution >= 4 is 5.95 Å². The van der Waals surface area contributed by atoms with E-state index in [1.54, 1.807) is 0 Å². The monoisotopic (exact) mass is 298 g/mol. The number of aromatic nitrogens is 2. The summed E-state index contributed by atoms with van der Waals surface area (Å²) in [4.78, 5) is 10.2. The van der Waals surface area contributed by atoms with Crippen LogP contribution in [0, 0.1) is 5.82 Å². The highest BCUT2D eigenvalue weighted by Gasteiger charge is 2.14. The minimum Gasteiger partial charge on any atom is -0.474 e. The SMILES string of the molecule is CCCNc1ncc(F)c(OCCN(C(C)C)C(C)C)n1. The van der Waals surface area contributed by atoms with Crippen molar-refractivity contribution in [2.45, 2.75) is 53.1 Å². The number of nitrogens with zero attached hydrogens (tertiary/aromatic N) is 3. The van der Waals surface area contributed by atoms with Gasteiger partial charge in [0.05, 0.1) is 6.20 Å². The van der Waals surface area contributed by atoms with Gasteiger partial charge in [0.2, 0.25) is 11.8 Å². The van der Waals surface area contributed by atoms with E-state index < -0.39 is 5.82 Å². The van der Waals surface area contributed by atoms with Crippen LogP contribution in [0.3, 0.4) is 0 Å². The molecule has 0 bridgehead atoms. The summed E-state index contributed by atoms with van der Waals surface area (Å²) in [6, 6.07) is 0.844. The van der Waals surface area contributed by atoms with Crippen molar-refractivity contribution in [3.63, 3.8) is 0 Å². The molecular weight excluding hydrogens is 271 g/mol. The first-order chi connectivity index (χ1) is 9.95. The number of hydrogen-bond donors (Lipinski definition) is 1. The van der Waals surface area contributed by atoms with Gasteiger partial charge in [-0.05, 0) is 34.1 Å². The van der Waals surface area contributed by atoms with Crippen molar-refractivity contribution in [2.24, 2.45) is 0 Å². The van der Waals surface area contributed by atoms with Crippen molar-refractivity contribution < 1.29 is 9.13 Å². The zero-order valence-electron chi connectivity index (χ0n) is 13.7. The van der Waals surface area contributed by atoms with Crippen molar-refractivity contribution in [1.29, 1.82) is 0 Å². The summed E-state index contributed by atoms with van der Waals surface area (Å²) in [6.07, 6.45) is 2.09. The Bertz CT molecular complexity index is 418. The van der Waals surface area contributed by atoms with Crippen LogP contribution in [0.25, 0.3) is 0 Å². The lowest BCUT2D eigenvalue weighted by molar-refractivity contribution is 0.138. The molecule has 1 aromatic heterocycles. The molecule has 6 heteroatoms. The summed E-state index contributed by atoms with van der Waals surface area (Å²) in [6.45, 7) is 12.5. The number of rotatable bonds is 9. The highest BCUT2D eigenvalue weighted by molar-refractivity contribution is 5.28. The first-order valence-electron chi connectivity index (χ1n) is 7.60. The Hall–Kier alpha value is -1.43. The van der Waals surface area contributed by atoms with Crippen LogP contribution >= 0.6 is 0 Å². The predicted octanol–water partition coefficient (Wildman–Crippen LogP) is 2.94. The van der Waals surface area contributed by atoms with Crippen LogP contribution in [-0.2, 0) is 0 Å². The molecule has 0 aliphatic carbocycles. The van der Waals surface area contributed by atoms with Gasteiger partial charge in [0, 0.05) is 25.2 Å². The van der Waals surface area contributed by atoms with Crippen molar-refractivity contribution in [1.82, 2.24) is 14.9 Å². The molecule has 0 fully saturated rings. The van der Waals surface area contributed by atoms with Crippen LogP contribution < -0.4 is 10.1 Å². The van der Waals surface area contributed by atoms with Gasteiger partial charge in [-0.3, -0.25) is 4.90 Å². The van der Waals surface area contributed by atoms with E-state index in [9.17, 15) is 4.39 Å². The minimum absolute atomic E-state index is 0.0102. The summed E-state index contributed by atoms with van der Waals surface area (Å²) in [5.41, 5.74) is 0. The molecule has 0 amide bonds. The van der Waals surface area contributed by atoms with Crippen molar-refractivity contribution in [2.75, 3.05) is 25.0 Å². The molecule has 0 aromatic carbocycles. The predicted molar refractivity (Wildman–Crippen MR) is 83.2 cm³/mol. The molecule has 1 rings (SSSR count). The molecule has 1 heterocycles. The van der Waals surface area contributed by atoms with Gasteiger partial charge in [0.15, 0.2) is 0 Å². The molecule has 120 valence electrons. The van der Waals surface area contributed by atoms with E-state index in [4.69, 9.17) is 4.74 Å². The Labute approximate surface area is 126 Å². The summed E-state index contributed by atoms with van der Waals surface area (Å²) in [7, 11) is 0. The Balaban J connectivity index is 2.57. The first-order valence-corrected chi connectivity index (χ1v) is 7.60. The van der Waals surface area contributed by atoms with Gasteiger partial charge in [-0.25, -0.2) is 4.98 Å². The molecule has 0 spiro atoms. The van der Waals surface area contributed by atoms with Crippen LogP contribution in [0.1, 0.15) is 41.0 Å². The van der Waals surface area contributed by atoms with Crippen LogP contribution in [0.4, 0.5) is 10.3 Å². The molecule has 5 nitrogen and oxygen atoms in total. The molecule has 1 N–H and O–H groups in total. The Morgan fingerprint density at radius 3 is 2.52 bits per heavy atom. The summed E-state index contributed by atoms with van der Waals surface area (Å²) in [5, 5.41) is 3.02. The van der Waals surface area contributed by atoms with Crippen LogP contribution in [0.15, 0.2) is 6.20 Å². The molecule has 0 saturated carbocycles. The highest BCUT2D eigenvalue weighted by Crippen LogP contribution is 2.15. The van der Waals surface area contributed by atoms with Gasteiger partial charge in [-0.1, -0.05) is 6.92 Å². The lowest BCUT2D eigenvalue weighted by atomic mass is 10.2. The fraction of sp³-hybridized carbons (Fsp3) is 0.733. The number of halogens is 1. The summed E-state index contributed by atoms with van der Waals surface area (Å²) >= 11 is 0. The van der Waals surface area contributed by atoms with E-state index in [2.05, 4.69) is 47.9 Å². The van der Waals surface area contributed by atoms with E-state index in [0.29, 0.717) is 24.6 Å². The van der Waals surface area contributed by atoms with E-state index in [0.717, 1.165) is 25.7 Å². The maximum Gasteiger partial charge on any atom is 0.255 e. The van der Waals surface area contributed by atoms with Gasteiger partial charge in [-0.2, -0.15) is 9.37 Å². The largest absolute Gasteiger partial charge is 0.474 e. The smallest absolute Gasteiger partial charge is 0.255 e. The highest BCUT2D eigenvalue weighted by atomic mass is 19.1. The molecule has 0 atom stereocenters. The van der Waals surface area contributed by atoms with E-state index in [1.807, 2.05) is 6.92 Å². The number of hydrogen-bond acceptors (Lipinski definition) is 5.